The molecule has 72 heteroatoms. The van der Waals surface area contributed by atoms with E-state index in [4.69, 9.17) is 129 Å². The molecule has 10 aliphatic rings. The molecule has 6 heterocycles. The molecule has 0 aromatic carbocycles. The van der Waals surface area contributed by atoms with Gasteiger partial charge in [0.05, 0.1) is 0 Å². The van der Waals surface area contributed by atoms with Gasteiger partial charge in [0.1, 0.15) is 33.2 Å². The van der Waals surface area contributed by atoms with Crippen molar-refractivity contribution in [2.75, 3.05) is 78.5 Å². The quantitative estimate of drug-likeness (QED) is 0.0252. The molecular formula is C74H158B6N24O36S6. The standard InChI is InChI=1S/3C13H27BN4O6S.2C12H27BN4O6S.C11H23BN4O6S/c2*1-9(12(15)4-5-12)17-25(23,24)18-7-10(3-2-6-14(21)22)13(16,8-18)11(19)20;1-9(15)12(4-5-12)17-25(23,24)18-7-10(3-2-6-14(21)22)13(16,8-18)11(19)20;2*1-8(14)9(2)16-24(22,23)17-6-10(4-3-5-13(20)21)12(15,7-17)11(18)19;13-8-4-9(8)15-23(21,22)16-5-7(2-1-3-12(19)20)11(14,6-16)10(17)18/h3*9-10,17,21-22H,2-8,15-16H2,1H3,(H,19,20);2*8-10,16,20-21H,3-7,14-15H2,1-2H3,(H,18,19);7-9,15,19-20H,1-6,13-14H2,(H,17,18)/t9-,10+,13+;9-,10-,13-;9-,10+,13+;8-,9+,10+,12+;8-,9+,10-,12-;7-,8+,9+,11-/m101100/s1. The van der Waals surface area contributed by atoms with Gasteiger partial charge in [0.25, 0.3) is 61.3 Å². The van der Waals surface area contributed by atoms with Crippen molar-refractivity contribution in [1.29, 1.82) is 0 Å². The van der Waals surface area contributed by atoms with E-state index < -0.39 is 261 Å². The lowest BCUT2D eigenvalue weighted by molar-refractivity contribution is -0.145. The zero-order chi connectivity index (χ0) is 112. The number of carbonyl (C=O) groups is 6. The summed E-state index contributed by atoms with van der Waals surface area (Å²) in [6, 6.07) is -3.66. The van der Waals surface area contributed by atoms with E-state index in [9.17, 15) is 110 Å². The topological polar surface area (TPSA) is 1080 Å². The van der Waals surface area contributed by atoms with Crippen molar-refractivity contribution in [2.45, 2.75) is 313 Å². The average molecular weight is 2220 g/mol. The van der Waals surface area contributed by atoms with Gasteiger partial charge in [-0.15, -0.1) is 0 Å². The number of nitrogens with one attached hydrogen (secondary N) is 6. The fourth-order valence-electron chi connectivity index (χ4n) is 17.8. The van der Waals surface area contributed by atoms with E-state index in [1.165, 1.54) is 0 Å². The van der Waals surface area contributed by atoms with Crippen molar-refractivity contribution in [3.05, 3.63) is 0 Å². The first-order valence-corrected chi connectivity index (χ1v) is 56.8. The summed E-state index contributed by atoms with van der Waals surface area (Å²) in [6.07, 6.45) is 8.87. The number of aliphatic carboxylic acids is 6. The van der Waals surface area contributed by atoms with E-state index in [1.807, 2.05) is 0 Å². The molecule has 6 aliphatic heterocycles. The van der Waals surface area contributed by atoms with E-state index in [0.717, 1.165) is 51.5 Å². The first-order chi connectivity index (χ1) is 66.6. The molecule has 0 amide bonds. The Morgan fingerprint density at radius 2 is 0.500 bits per heavy atom. The minimum absolute atomic E-state index is 0.0262. The zero-order valence-corrected chi connectivity index (χ0v) is 88.1. The number of carboxylic acid groups (broad SMARTS) is 6. The van der Waals surface area contributed by atoms with E-state index in [2.05, 4.69) is 28.3 Å². The first-order valence-electron chi connectivity index (χ1n) is 48.2. The smallest absolute Gasteiger partial charge is 0.451 e. The first kappa shape index (κ1) is 132. The number of nitrogens with two attached hydrogens (primary N) is 12. The van der Waals surface area contributed by atoms with Crippen LogP contribution in [0.25, 0.3) is 0 Å². The van der Waals surface area contributed by atoms with Crippen molar-refractivity contribution < 1.29 is 170 Å². The SMILES string of the molecule is C[C@@H](N)C1(NS(=O)(=O)N2C[C@H](CCCB(O)O)[C@](N)(C(=O)O)C2)CC1.C[C@@H](NS(=O)(=O)N1C[C@H](CCCB(O)O)[C@](N)(C(=O)O)C1)C1(N)CC1.C[C@H](N)[C@@H](C)NS(=O)(=O)N1C[C@H](CCCB(O)O)[C@](N)(C(=O)O)C1.C[C@H](NS(=O)(=O)N1C[C@H](CCCB(O)O)[C@](N)(C(=O)O)C1)C1(N)CC1.C[C@H](NS(=O)(=O)N1C[C@H](CCCB(O)O)[C@](N)(C(=O)O)C1)[C@@H](C)N.N[C@@H]1C[C@H]1NS(=O)(=O)N1C[C@H](CCCB(O)O)[C@](N)(C(=O)O)C1. The maximum atomic E-state index is 12.7. The Kier molecular flexibility index (Phi) is 47.7. The summed E-state index contributed by atoms with van der Waals surface area (Å²) >= 11 is 0. The van der Waals surface area contributed by atoms with Gasteiger partial charge in [0.2, 0.25) is 0 Å². The highest BCUT2D eigenvalue weighted by atomic mass is 32.2. The van der Waals surface area contributed by atoms with Crippen LogP contribution in [0, 0.1) is 35.5 Å². The molecule has 0 radical (unpaired) electrons. The van der Waals surface area contributed by atoms with Gasteiger partial charge in [0, 0.05) is 185 Å². The third-order valence-corrected chi connectivity index (χ3v) is 39.1. The van der Waals surface area contributed by atoms with Crippen LogP contribution in [-0.4, -0.2) is 429 Å². The highest BCUT2D eigenvalue weighted by Crippen LogP contribution is 2.44. The summed E-state index contributed by atoms with van der Waals surface area (Å²) in [6.45, 7) is 9.37. The number of hydrogen-bond donors (Lipinski definition) is 36. The molecule has 10 fully saturated rings. The van der Waals surface area contributed by atoms with Crippen LogP contribution in [0.5, 0.6) is 0 Å². The zero-order valence-electron chi connectivity index (χ0n) is 83.2. The van der Waals surface area contributed by atoms with Crippen LogP contribution in [0.4, 0.5) is 0 Å². The predicted molar refractivity (Wildman–Crippen MR) is 535 cm³/mol. The maximum Gasteiger partial charge on any atom is 0.451 e. The molecule has 0 bridgehead atoms. The Morgan fingerprint density at radius 1 is 0.315 bits per heavy atom. The molecule has 844 valence electrons. The van der Waals surface area contributed by atoms with Crippen molar-refractivity contribution in [1.82, 2.24) is 54.2 Å². The Labute approximate surface area is 854 Å². The van der Waals surface area contributed by atoms with E-state index >= 15 is 0 Å². The van der Waals surface area contributed by atoms with Crippen LogP contribution in [-0.2, 0) is 90.0 Å². The van der Waals surface area contributed by atoms with Gasteiger partial charge in [0.15, 0.2) is 0 Å². The van der Waals surface area contributed by atoms with E-state index in [1.54, 1.807) is 48.5 Å². The van der Waals surface area contributed by atoms with Crippen LogP contribution in [0.1, 0.15) is 170 Å². The number of carboxylic acids is 6. The van der Waals surface area contributed by atoms with Crippen LogP contribution in [0.15, 0.2) is 0 Å². The van der Waals surface area contributed by atoms with Gasteiger partial charge in [-0.25, -0.2) is 0 Å². The average Bonchev–Trinajstić information content (AvgIpc) is 1.58. The second-order valence-electron chi connectivity index (χ2n) is 41.4. The van der Waals surface area contributed by atoms with Gasteiger partial charge in [-0.05, 0) is 170 Å². The Balaban J connectivity index is 0.000000308. The highest BCUT2D eigenvalue weighted by molar-refractivity contribution is 7.88. The van der Waals surface area contributed by atoms with Gasteiger partial charge < -0.3 is 160 Å². The molecular weight excluding hydrogens is 2060 g/mol. The number of nitrogens with zero attached hydrogens (tertiary/aromatic N) is 6. The molecule has 0 spiro atoms. The molecule has 0 aromatic heterocycles. The van der Waals surface area contributed by atoms with Gasteiger partial charge >= 0.3 is 78.5 Å². The highest BCUT2D eigenvalue weighted by Gasteiger charge is 2.61. The number of rotatable bonds is 53. The van der Waals surface area contributed by atoms with Crippen LogP contribution < -0.4 is 97.1 Å². The van der Waals surface area contributed by atoms with Crippen molar-refractivity contribution in [2.24, 2.45) is 104 Å². The molecule has 4 aliphatic carbocycles. The molecule has 0 aromatic rings. The summed E-state index contributed by atoms with van der Waals surface area (Å²) in [5, 5.41) is 163. The molecule has 6 saturated heterocycles. The second kappa shape index (κ2) is 52.8. The van der Waals surface area contributed by atoms with Crippen LogP contribution in [0.2, 0.25) is 37.9 Å². The Morgan fingerprint density at radius 3 is 0.658 bits per heavy atom. The summed E-state index contributed by atoms with van der Waals surface area (Å²) < 4.78 is 171. The Bertz CT molecular complexity index is 4860. The molecule has 146 heavy (non-hydrogen) atoms. The third-order valence-electron chi connectivity index (χ3n) is 29.5. The molecule has 4 saturated carbocycles. The summed E-state index contributed by atoms with van der Waals surface area (Å²) in [5.41, 5.74) is 58.6. The summed E-state index contributed by atoms with van der Waals surface area (Å²) in [4.78, 5) is 69.4. The molecule has 21 atom stereocenters. The molecule has 10 rings (SSSR count). The minimum atomic E-state index is -3.92. The number of hydrogen-bond acceptors (Lipinski definition) is 42. The predicted octanol–water partition coefficient (Wildman–Crippen LogP) is -15.1. The van der Waals surface area contributed by atoms with Gasteiger partial charge in [-0.1, -0.05) is 38.5 Å². The van der Waals surface area contributed by atoms with E-state index in [-0.39, 0.29) is 173 Å². The fourth-order valence-corrected chi connectivity index (χ4v) is 27.6. The van der Waals surface area contributed by atoms with Gasteiger partial charge in [-0.2, -0.15) is 105 Å². The third kappa shape index (κ3) is 36.3. The van der Waals surface area contributed by atoms with Crippen molar-refractivity contribution in [3.63, 3.8) is 0 Å². The van der Waals surface area contributed by atoms with Crippen LogP contribution >= 0.6 is 0 Å². The van der Waals surface area contributed by atoms with Gasteiger partial charge in [-0.3, -0.25) is 28.8 Å². The minimum Gasteiger partial charge on any atom is -0.480 e. The summed E-state index contributed by atoms with van der Waals surface area (Å²) in [5.74, 6) is -11.4. The van der Waals surface area contributed by atoms with Crippen molar-refractivity contribution in [3.8, 4) is 0 Å². The molecule has 60 nitrogen and oxygen atoms in total. The Hall–Kier alpha value is -4.53. The molecule has 48 N–H and O–H groups in total. The largest absolute Gasteiger partial charge is 0.480 e. The van der Waals surface area contributed by atoms with Crippen molar-refractivity contribution >= 4 is 140 Å². The summed E-state index contributed by atoms with van der Waals surface area (Å²) in [7, 11) is -32.4. The maximum absolute atomic E-state index is 12.7. The van der Waals surface area contributed by atoms with Crippen LogP contribution in [0.3, 0.4) is 0 Å². The monoisotopic (exact) mass is 2220 g/mol. The lowest BCUT2D eigenvalue weighted by atomic mass is 9.78. The fraction of sp³-hybridized carbons (Fsp3) is 0.919. The molecule has 0 unspecified atom stereocenters. The lowest BCUT2D eigenvalue weighted by Crippen LogP contribution is -2.56. The second-order valence-corrected chi connectivity index (χ2v) is 51.5. The van der Waals surface area contributed by atoms with E-state index in [0.29, 0.717) is 57.8 Å². The lowest BCUT2D eigenvalue weighted by Gasteiger charge is -2.26. The normalized spacial score (nSPS) is 30.1.